The first kappa shape index (κ1) is 19.8. The van der Waals surface area contributed by atoms with Crippen molar-refractivity contribution in [3.8, 4) is 11.8 Å². The highest BCUT2D eigenvalue weighted by Gasteiger charge is 2.12. The third kappa shape index (κ3) is 4.85. The Bertz CT molecular complexity index is 899. The van der Waals surface area contributed by atoms with Crippen LogP contribution in [0.3, 0.4) is 0 Å². The largest absolute Gasteiger partial charge is 0.419 e. The van der Waals surface area contributed by atoms with E-state index in [9.17, 15) is 0 Å². The molecule has 0 fully saturated rings. The fourth-order valence-corrected chi connectivity index (χ4v) is 3.20. The lowest BCUT2D eigenvalue weighted by Crippen LogP contribution is -2.06. The van der Waals surface area contributed by atoms with Gasteiger partial charge in [-0.25, -0.2) is 15.0 Å². The molecule has 146 valence electrons. The number of hydrogen-bond donors (Lipinski definition) is 1. The second-order valence-electron chi connectivity index (χ2n) is 6.91. The molecule has 0 saturated heterocycles. The highest BCUT2D eigenvalue weighted by Crippen LogP contribution is 2.24. The summed E-state index contributed by atoms with van der Waals surface area (Å²) in [5.74, 6) is 1.48. The zero-order chi connectivity index (χ0) is 19.9. The molecule has 5 heteroatoms. The summed E-state index contributed by atoms with van der Waals surface area (Å²) in [6.07, 6.45) is 7.15. The van der Waals surface area contributed by atoms with E-state index in [0.29, 0.717) is 24.0 Å². The summed E-state index contributed by atoms with van der Waals surface area (Å²) in [7, 11) is 0. The number of benzene rings is 1. The molecule has 0 amide bonds. The Morgan fingerprint density at radius 2 is 1.61 bits per heavy atom. The minimum Gasteiger partial charge on any atom is -0.419 e. The third-order valence-corrected chi connectivity index (χ3v) is 4.80. The Kier molecular flexibility index (Phi) is 6.58. The maximum absolute atomic E-state index is 5.84. The van der Waals surface area contributed by atoms with Crippen molar-refractivity contribution < 1.29 is 4.74 Å². The van der Waals surface area contributed by atoms with Crippen LogP contribution in [0.25, 0.3) is 0 Å². The van der Waals surface area contributed by atoms with E-state index < -0.39 is 0 Å². The van der Waals surface area contributed by atoms with Gasteiger partial charge in [0.15, 0.2) is 0 Å². The maximum Gasteiger partial charge on any atom is 0.243 e. The summed E-state index contributed by atoms with van der Waals surface area (Å²) >= 11 is 0. The van der Waals surface area contributed by atoms with E-state index in [1.54, 1.807) is 17.3 Å². The van der Waals surface area contributed by atoms with E-state index in [0.717, 1.165) is 23.4 Å². The predicted octanol–water partition coefficient (Wildman–Crippen LogP) is 4.85. The topological polar surface area (TPSA) is 73.9 Å². The van der Waals surface area contributed by atoms with Gasteiger partial charge in [-0.1, -0.05) is 44.2 Å². The van der Waals surface area contributed by atoms with Crippen molar-refractivity contribution in [3.63, 3.8) is 0 Å². The molecule has 0 unspecified atom stereocenters. The summed E-state index contributed by atoms with van der Waals surface area (Å²) < 4.78 is 5.71. The van der Waals surface area contributed by atoms with Gasteiger partial charge in [-0.3, -0.25) is 0 Å². The van der Waals surface area contributed by atoms with E-state index in [-0.39, 0.29) is 0 Å². The van der Waals surface area contributed by atoms with Crippen molar-refractivity contribution in [2.45, 2.75) is 52.9 Å². The van der Waals surface area contributed by atoms with E-state index in [2.05, 4.69) is 39.2 Å². The molecule has 2 heterocycles. The van der Waals surface area contributed by atoms with Gasteiger partial charge in [0.1, 0.15) is 11.5 Å². The summed E-state index contributed by atoms with van der Waals surface area (Å²) in [5, 5.41) is 0. The lowest BCUT2D eigenvalue weighted by atomic mass is 10.1. The van der Waals surface area contributed by atoms with Crippen molar-refractivity contribution in [1.82, 2.24) is 15.0 Å². The number of nitrogens with two attached hydrogens (primary N) is 1. The van der Waals surface area contributed by atoms with Crippen LogP contribution in [0, 0.1) is 6.92 Å². The standard InChI is InChI=1S/C14H18N4O.C9H10/c1-4-10-13(15)17-11(5-2)14(18-10)19-12-7-6-9(3)8-16-12;1-2-5-9-7-3-6-8(9)4-1/h6-8H,4-5H2,1-3H3,(H2,15,17);1-2,4-5H,3,6-7H2. The molecule has 28 heavy (non-hydrogen) atoms. The second kappa shape index (κ2) is 9.31. The molecule has 1 aliphatic rings. The molecular weight excluding hydrogens is 348 g/mol. The third-order valence-electron chi connectivity index (χ3n) is 4.80. The molecule has 1 aliphatic carbocycles. The van der Waals surface area contributed by atoms with Crippen LogP contribution in [0.4, 0.5) is 5.82 Å². The number of nitrogens with zero attached hydrogens (tertiary/aromatic N) is 3. The smallest absolute Gasteiger partial charge is 0.243 e. The van der Waals surface area contributed by atoms with Gasteiger partial charge in [-0.15, -0.1) is 0 Å². The van der Waals surface area contributed by atoms with Gasteiger partial charge in [-0.2, -0.15) is 0 Å². The van der Waals surface area contributed by atoms with Crippen LogP contribution in [-0.2, 0) is 25.7 Å². The van der Waals surface area contributed by atoms with Gasteiger partial charge in [0.2, 0.25) is 11.8 Å². The molecule has 2 N–H and O–H groups in total. The molecule has 1 aromatic carbocycles. The molecule has 0 bridgehead atoms. The van der Waals surface area contributed by atoms with Gasteiger partial charge in [-0.05, 0) is 55.7 Å². The summed E-state index contributed by atoms with van der Waals surface area (Å²) in [6, 6.07) is 12.5. The number of nitrogen functional groups attached to an aromatic ring is 1. The van der Waals surface area contributed by atoms with Crippen LogP contribution in [0.2, 0.25) is 0 Å². The molecule has 5 nitrogen and oxygen atoms in total. The summed E-state index contributed by atoms with van der Waals surface area (Å²) in [5.41, 5.74) is 11.6. The minimum absolute atomic E-state index is 0.476. The summed E-state index contributed by atoms with van der Waals surface area (Å²) in [4.78, 5) is 13.0. The van der Waals surface area contributed by atoms with E-state index >= 15 is 0 Å². The van der Waals surface area contributed by atoms with Crippen LogP contribution >= 0.6 is 0 Å². The number of ether oxygens (including phenoxy) is 1. The van der Waals surface area contributed by atoms with Gasteiger partial charge < -0.3 is 10.5 Å². The lowest BCUT2D eigenvalue weighted by molar-refractivity contribution is 0.433. The van der Waals surface area contributed by atoms with Crippen LogP contribution in [-0.4, -0.2) is 15.0 Å². The Hall–Kier alpha value is -2.95. The van der Waals surface area contributed by atoms with Crippen LogP contribution in [0.5, 0.6) is 11.8 Å². The zero-order valence-corrected chi connectivity index (χ0v) is 16.9. The first-order valence-electron chi connectivity index (χ1n) is 9.93. The highest BCUT2D eigenvalue weighted by atomic mass is 16.5. The molecule has 0 radical (unpaired) electrons. The second-order valence-corrected chi connectivity index (χ2v) is 6.91. The van der Waals surface area contributed by atoms with Crippen molar-refractivity contribution >= 4 is 5.82 Å². The van der Waals surface area contributed by atoms with Crippen LogP contribution in [0.1, 0.15) is 48.3 Å². The first-order valence-corrected chi connectivity index (χ1v) is 9.93. The monoisotopic (exact) mass is 376 g/mol. The van der Waals surface area contributed by atoms with Crippen molar-refractivity contribution in [3.05, 3.63) is 70.7 Å². The number of rotatable bonds is 4. The van der Waals surface area contributed by atoms with Crippen molar-refractivity contribution in [2.24, 2.45) is 0 Å². The number of hydrogen-bond acceptors (Lipinski definition) is 5. The minimum atomic E-state index is 0.476. The van der Waals surface area contributed by atoms with Crippen molar-refractivity contribution in [2.75, 3.05) is 5.73 Å². The number of aryl methyl sites for hydroxylation is 5. The van der Waals surface area contributed by atoms with Crippen molar-refractivity contribution in [1.29, 1.82) is 0 Å². The average Bonchev–Trinajstić information content (AvgIpc) is 3.20. The molecule has 3 aromatic rings. The Labute approximate surface area is 167 Å². The maximum atomic E-state index is 5.84. The Morgan fingerprint density at radius 3 is 2.18 bits per heavy atom. The first-order chi connectivity index (χ1) is 13.6. The average molecular weight is 377 g/mol. The van der Waals surface area contributed by atoms with Crippen LogP contribution < -0.4 is 10.5 Å². The van der Waals surface area contributed by atoms with E-state index in [1.165, 1.54) is 19.3 Å². The SMILES string of the molecule is CCc1nc(Oc2ccc(C)cn2)c(CC)nc1N.c1ccc2c(c1)CCC2. The molecule has 2 aromatic heterocycles. The van der Waals surface area contributed by atoms with Gasteiger partial charge in [0.05, 0.1) is 5.69 Å². The fraction of sp³-hybridized carbons (Fsp3) is 0.348. The molecule has 0 saturated carbocycles. The van der Waals surface area contributed by atoms with Gasteiger partial charge in [0, 0.05) is 12.3 Å². The normalized spacial score (nSPS) is 12.1. The Morgan fingerprint density at radius 1 is 0.929 bits per heavy atom. The fourth-order valence-electron chi connectivity index (χ4n) is 3.20. The van der Waals surface area contributed by atoms with E-state index in [4.69, 9.17) is 10.5 Å². The molecule has 0 atom stereocenters. The highest BCUT2D eigenvalue weighted by molar-refractivity contribution is 5.40. The van der Waals surface area contributed by atoms with Gasteiger partial charge >= 0.3 is 0 Å². The zero-order valence-electron chi connectivity index (χ0n) is 16.9. The number of aromatic nitrogens is 3. The number of pyridine rings is 1. The number of fused-ring (bicyclic) bond motifs is 1. The predicted molar refractivity (Wildman–Crippen MR) is 113 cm³/mol. The Balaban J connectivity index is 0.000000206. The summed E-state index contributed by atoms with van der Waals surface area (Å²) in [6.45, 7) is 5.96. The number of anilines is 1. The molecule has 0 spiro atoms. The lowest BCUT2D eigenvalue weighted by Gasteiger charge is -2.10. The molecule has 0 aliphatic heterocycles. The van der Waals surface area contributed by atoms with E-state index in [1.807, 2.05) is 32.9 Å². The quantitative estimate of drug-likeness (QED) is 0.704. The van der Waals surface area contributed by atoms with Crippen LogP contribution in [0.15, 0.2) is 42.6 Å². The molecular formula is C23H28N4O. The molecule has 4 rings (SSSR count). The van der Waals surface area contributed by atoms with Gasteiger partial charge in [0.25, 0.3) is 0 Å².